The van der Waals surface area contributed by atoms with Crippen molar-refractivity contribution in [3.63, 3.8) is 0 Å². The summed E-state index contributed by atoms with van der Waals surface area (Å²) < 4.78 is 32.2. The molecular weight excluding hydrogens is 280 g/mol. The number of carboxylic acid groups (broad SMARTS) is 2. The maximum absolute atomic E-state index is 11.5. The molecule has 0 aromatic carbocycles. The molecule has 2 N–H and O–H groups in total. The number of hydrogen-bond acceptors (Lipinski definition) is 6. The van der Waals surface area contributed by atoms with Crippen LogP contribution in [0.3, 0.4) is 0 Å². The van der Waals surface area contributed by atoms with Crippen molar-refractivity contribution in [2.24, 2.45) is 11.8 Å². The predicted octanol–water partition coefficient (Wildman–Crippen LogP) is 0.237. The zero-order valence-electron chi connectivity index (χ0n) is 10.9. The van der Waals surface area contributed by atoms with Crippen molar-refractivity contribution in [2.75, 3.05) is 0 Å². The van der Waals surface area contributed by atoms with Crippen LogP contribution < -0.4 is 0 Å². The van der Waals surface area contributed by atoms with Gasteiger partial charge in [0.05, 0.1) is 0 Å². The molecule has 9 heteroatoms. The first-order valence-corrected chi connectivity index (χ1v) is 6.90. The lowest BCUT2D eigenvalue weighted by Gasteiger charge is -2.39. The lowest BCUT2D eigenvalue weighted by atomic mass is 9.69. The van der Waals surface area contributed by atoms with Crippen molar-refractivity contribution in [1.82, 2.24) is 0 Å². The molecule has 2 atom stereocenters. The fourth-order valence-corrected chi connectivity index (χ4v) is 3.85. The summed E-state index contributed by atoms with van der Waals surface area (Å²) >= 11 is 0. The molecule has 0 saturated carbocycles. The monoisotopic (exact) mass is 296 g/mol. The number of carbonyl (C=O) groups is 2. The minimum atomic E-state index is -4.70. The minimum Gasteiger partial charge on any atom is -0.479 e. The van der Waals surface area contributed by atoms with Crippen LogP contribution in [0.25, 0.3) is 0 Å². The summed E-state index contributed by atoms with van der Waals surface area (Å²) in [7, 11) is -4.70. The molecule has 0 radical (unpaired) electrons. The quantitative estimate of drug-likeness (QED) is 0.755. The second-order valence-corrected chi connectivity index (χ2v) is 6.12. The molecule has 0 amide bonds. The van der Waals surface area contributed by atoms with Crippen molar-refractivity contribution in [3.05, 3.63) is 0 Å². The fraction of sp³-hybridized carbons (Fsp3) is 0.800. The highest BCUT2D eigenvalue weighted by molar-refractivity contribution is 7.82. The lowest BCUT2D eigenvalue weighted by Crippen LogP contribution is -2.67. The van der Waals surface area contributed by atoms with E-state index in [1.807, 2.05) is 0 Å². The summed E-state index contributed by atoms with van der Waals surface area (Å²) in [6.45, 7) is 5.44. The molecule has 0 unspecified atom stereocenters. The highest BCUT2D eigenvalue weighted by atomic mass is 32.3. The van der Waals surface area contributed by atoms with Crippen LogP contribution >= 0.6 is 0 Å². The Kier molecular flexibility index (Phi) is 3.70. The standard InChI is InChI=1S/C10H16O8S/c1-5(2)9(7(11)12)10(6(3)4,8(13)14)18-19(15,16)17-9/h5-6H,1-4H3,(H,11,12)(H,13,14)/t9-,10-/m0/s1. The van der Waals surface area contributed by atoms with Crippen LogP contribution in [-0.4, -0.2) is 41.8 Å². The molecule has 110 valence electrons. The van der Waals surface area contributed by atoms with Gasteiger partial charge in [-0.1, -0.05) is 27.7 Å². The van der Waals surface area contributed by atoms with E-state index in [0.717, 1.165) is 0 Å². The van der Waals surface area contributed by atoms with E-state index in [-0.39, 0.29) is 0 Å². The Balaban J connectivity index is 3.74. The molecule has 1 saturated heterocycles. The molecule has 8 nitrogen and oxygen atoms in total. The van der Waals surface area contributed by atoms with Crippen LogP contribution in [0.1, 0.15) is 27.7 Å². The lowest BCUT2D eigenvalue weighted by molar-refractivity contribution is -0.193. The molecule has 0 bridgehead atoms. The van der Waals surface area contributed by atoms with E-state index in [2.05, 4.69) is 8.37 Å². The second kappa shape index (κ2) is 4.43. The molecule has 0 aliphatic carbocycles. The smallest absolute Gasteiger partial charge is 0.402 e. The summed E-state index contributed by atoms with van der Waals surface area (Å²) in [5, 5.41) is 18.7. The molecular formula is C10H16O8S. The molecule has 1 aliphatic heterocycles. The first-order valence-electron chi connectivity index (χ1n) is 5.57. The van der Waals surface area contributed by atoms with Gasteiger partial charge in [-0.2, -0.15) is 8.42 Å². The predicted molar refractivity (Wildman–Crippen MR) is 61.5 cm³/mol. The molecule has 0 aromatic rings. The molecule has 1 fully saturated rings. The third-order valence-corrected chi connectivity index (χ3v) is 4.21. The van der Waals surface area contributed by atoms with Gasteiger partial charge in [0.15, 0.2) is 0 Å². The SMILES string of the molecule is CC(C)[C@@]1(C(=O)O)OS(=O)(=O)O[C@]1(C(=O)O)C(C)C. The molecule has 0 spiro atoms. The van der Waals surface area contributed by atoms with Gasteiger partial charge in [0.1, 0.15) is 0 Å². The van der Waals surface area contributed by atoms with Crippen LogP contribution in [0, 0.1) is 11.8 Å². The van der Waals surface area contributed by atoms with Gasteiger partial charge in [-0.3, -0.25) is 0 Å². The third-order valence-electron chi connectivity index (χ3n) is 3.28. The minimum absolute atomic E-state index is 0.944. The van der Waals surface area contributed by atoms with Gasteiger partial charge in [0.2, 0.25) is 11.2 Å². The molecule has 0 aromatic heterocycles. The Bertz CT molecular complexity index is 468. The molecule has 1 heterocycles. The maximum Gasteiger partial charge on any atom is 0.402 e. The Morgan fingerprint density at radius 1 is 0.895 bits per heavy atom. The van der Waals surface area contributed by atoms with Crippen molar-refractivity contribution < 1.29 is 36.6 Å². The highest BCUT2D eigenvalue weighted by Gasteiger charge is 2.76. The van der Waals surface area contributed by atoms with Gasteiger partial charge < -0.3 is 10.2 Å². The van der Waals surface area contributed by atoms with E-state index in [1.165, 1.54) is 27.7 Å². The highest BCUT2D eigenvalue weighted by Crippen LogP contribution is 2.49. The maximum atomic E-state index is 11.5. The summed E-state index contributed by atoms with van der Waals surface area (Å²) in [5.74, 6) is -5.28. The van der Waals surface area contributed by atoms with Crippen molar-refractivity contribution >= 4 is 22.3 Å². The molecule has 1 rings (SSSR count). The van der Waals surface area contributed by atoms with Crippen LogP contribution in [0.2, 0.25) is 0 Å². The number of hydrogen-bond donors (Lipinski definition) is 2. The zero-order chi connectivity index (χ0) is 15.2. The number of aliphatic carboxylic acids is 2. The van der Waals surface area contributed by atoms with Crippen molar-refractivity contribution in [1.29, 1.82) is 0 Å². The Hall–Kier alpha value is -1.19. The Labute approximate surface area is 110 Å². The van der Waals surface area contributed by atoms with E-state index in [4.69, 9.17) is 0 Å². The van der Waals surface area contributed by atoms with E-state index in [0.29, 0.717) is 0 Å². The van der Waals surface area contributed by atoms with Crippen molar-refractivity contribution in [3.8, 4) is 0 Å². The van der Waals surface area contributed by atoms with Crippen LogP contribution in [0.5, 0.6) is 0 Å². The van der Waals surface area contributed by atoms with Crippen molar-refractivity contribution in [2.45, 2.75) is 38.9 Å². The first kappa shape index (κ1) is 15.9. The van der Waals surface area contributed by atoms with E-state index in [1.54, 1.807) is 0 Å². The first-order chi connectivity index (χ1) is 8.44. The average Bonchev–Trinajstić information content (AvgIpc) is 2.48. The number of carboxylic acids is 2. The van der Waals surface area contributed by atoms with E-state index in [9.17, 15) is 28.2 Å². The summed E-state index contributed by atoms with van der Waals surface area (Å²) in [6, 6.07) is 0. The van der Waals surface area contributed by atoms with Gasteiger partial charge in [0.25, 0.3) is 0 Å². The summed E-state index contributed by atoms with van der Waals surface area (Å²) in [5.41, 5.74) is -5.02. The van der Waals surface area contributed by atoms with Gasteiger partial charge in [-0.05, 0) is 11.8 Å². The van der Waals surface area contributed by atoms with Crippen LogP contribution in [0.4, 0.5) is 0 Å². The number of rotatable bonds is 4. The average molecular weight is 296 g/mol. The second-order valence-electron chi connectivity index (χ2n) is 4.97. The third kappa shape index (κ3) is 1.92. The fourth-order valence-electron chi connectivity index (χ4n) is 2.40. The van der Waals surface area contributed by atoms with E-state index < -0.39 is 45.4 Å². The molecule has 1 aliphatic rings. The van der Waals surface area contributed by atoms with Gasteiger partial charge in [-0.25, -0.2) is 18.0 Å². The normalized spacial score (nSPS) is 33.8. The summed E-state index contributed by atoms with van der Waals surface area (Å²) in [6.07, 6.45) is 0. The van der Waals surface area contributed by atoms with Crippen LogP contribution in [-0.2, 0) is 28.4 Å². The zero-order valence-corrected chi connectivity index (χ0v) is 11.7. The van der Waals surface area contributed by atoms with Gasteiger partial charge in [0, 0.05) is 0 Å². The van der Waals surface area contributed by atoms with Crippen LogP contribution in [0.15, 0.2) is 0 Å². The van der Waals surface area contributed by atoms with E-state index >= 15 is 0 Å². The Morgan fingerprint density at radius 3 is 1.32 bits per heavy atom. The largest absolute Gasteiger partial charge is 0.479 e. The Morgan fingerprint density at radius 2 is 1.16 bits per heavy atom. The topological polar surface area (TPSA) is 127 Å². The summed E-state index contributed by atoms with van der Waals surface area (Å²) in [4.78, 5) is 23.1. The molecule has 19 heavy (non-hydrogen) atoms. The van der Waals surface area contributed by atoms with Gasteiger partial charge >= 0.3 is 22.3 Å². The van der Waals surface area contributed by atoms with Gasteiger partial charge in [-0.15, -0.1) is 0 Å².